The van der Waals surface area contributed by atoms with Crippen molar-refractivity contribution < 1.29 is 9.52 Å². The Balaban J connectivity index is 1.70. The summed E-state index contributed by atoms with van der Waals surface area (Å²) >= 11 is 0. The van der Waals surface area contributed by atoms with E-state index in [4.69, 9.17) is 9.52 Å². The normalized spacial score (nSPS) is 24.4. The fraction of sp³-hybridized carbons (Fsp3) is 0.667. The van der Waals surface area contributed by atoms with E-state index in [-0.39, 0.29) is 6.61 Å². The van der Waals surface area contributed by atoms with Gasteiger partial charge in [-0.05, 0) is 30.9 Å². The zero-order valence-corrected chi connectivity index (χ0v) is 9.20. The number of aliphatic hydroxyl groups excluding tert-OH is 1. The molecular formula is C12H19NO2. The fourth-order valence-electron chi connectivity index (χ4n) is 2.02. The first kappa shape index (κ1) is 10.7. The summed E-state index contributed by atoms with van der Waals surface area (Å²) in [6.45, 7) is 3.00. The van der Waals surface area contributed by atoms with Gasteiger partial charge in [0.15, 0.2) is 0 Å². The minimum Gasteiger partial charge on any atom is -0.462 e. The van der Waals surface area contributed by atoms with Gasteiger partial charge in [0.05, 0.1) is 6.54 Å². The van der Waals surface area contributed by atoms with E-state index in [1.165, 1.54) is 19.3 Å². The van der Waals surface area contributed by atoms with Crippen LogP contribution in [-0.2, 0) is 13.2 Å². The van der Waals surface area contributed by atoms with E-state index in [1.54, 1.807) is 0 Å². The maximum Gasteiger partial charge on any atom is 0.129 e. The van der Waals surface area contributed by atoms with Gasteiger partial charge in [-0.1, -0.05) is 13.3 Å². The van der Waals surface area contributed by atoms with Gasteiger partial charge in [0, 0.05) is 6.04 Å². The Morgan fingerprint density at radius 2 is 2.27 bits per heavy atom. The van der Waals surface area contributed by atoms with E-state index in [0.29, 0.717) is 11.8 Å². The van der Waals surface area contributed by atoms with Crippen molar-refractivity contribution in [2.75, 3.05) is 0 Å². The maximum absolute atomic E-state index is 8.84. The van der Waals surface area contributed by atoms with Crippen molar-refractivity contribution >= 4 is 0 Å². The van der Waals surface area contributed by atoms with Crippen LogP contribution in [-0.4, -0.2) is 11.1 Å². The van der Waals surface area contributed by atoms with Gasteiger partial charge in [-0.3, -0.25) is 0 Å². The molecule has 3 heteroatoms. The molecule has 0 aromatic carbocycles. The largest absolute Gasteiger partial charge is 0.462 e. The summed E-state index contributed by atoms with van der Waals surface area (Å²) in [5, 5.41) is 12.3. The van der Waals surface area contributed by atoms with Crippen LogP contribution in [0, 0.1) is 5.92 Å². The number of furan rings is 1. The summed E-state index contributed by atoms with van der Waals surface area (Å²) in [5.41, 5.74) is 0. The second-order valence-corrected chi connectivity index (χ2v) is 4.30. The van der Waals surface area contributed by atoms with Crippen molar-refractivity contribution in [1.29, 1.82) is 0 Å². The van der Waals surface area contributed by atoms with Gasteiger partial charge in [-0.25, -0.2) is 0 Å². The molecule has 2 atom stereocenters. The third kappa shape index (κ3) is 2.83. The molecule has 1 saturated carbocycles. The van der Waals surface area contributed by atoms with Gasteiger partial charge in [0.2, 0.25) is 0 Å². The Morgan fingerprint density at radius 3 is 2.93 bits per heavy atom. The zero-order chi connectivity index (χ0) is 10.7. The molecule has 84 valence electrons. The van der Waals surface area contributed by atoms with Gasteiger partial charge in [-0.2, -0.15) is 0 Å². The number of aliphatic hydroxyl groups is 1. The monoisotopic (exact) mass is 209 g/mol. The van der Waals surface area contributed by atoms with E-state index >= 15 is 0 Å². The Hall–Kier alpha value is -0.800. The van der Waals surface area contributed by atoms with Crippen LogP contribution < -0.4 is 5.32 Å². The summed E-state index contributed by atoms with van der Waals surface area (Å²) in [7, 11) is 0. The van der Waals surface area contributed by atoms with Crippen LogP contribution in [0.3, 0.4) is 0 Å². The lowest BCUT2D eigenvalue weighted by atomic mass is 10.2. The minimum absolute atomic E-state index is 0.0120. The summed E-state index contributed by atoms with van der Waals surface area (Å²) in [5.74, 6) is 2.44. The fourth-order valence-corrected chi connectivity index (χ4v) is 2.02. The van der Waals surface area contributed by atoms with Gasteiger partial charge in [0.1, 0.15) is 18.1 Å². The lowest BCUT2D eigenvalue weighted by Gasteiger charge is -2.00. The molecule has 0 spiro atoms. The van der Waals surface area contributed by atoms with Crippen LogP contribution in [0.15, 0.2) is 16.5 Å². The molecule has 1 aliphatic carbocycles. The highest BCUT2D eigenvalue weighted by Gasteiger charge is 2.35. The Labute approximate surface area is 90.5 Å². The van der Waals surface area contributed by atoms with Crippen molar-refractivity contribution in [3.63, 3.8) is 0 Å². The number of nitrogens with one attached hydrogen (secondary N) is 1. The third-order valence-corrected chi connectivity index (χ3v) is 2.99. The van der Waals surface area contributed by atoms with Crippen LogP contribution in [0.2, 0.25) is 0 Å². The van der Waals surface area contributed by atoms with Crippen molar-refractivity contribution in [1.82, 2.24) is 5.32 Å². The van der Waals surface area contributed by atoms with Crippen LogP contribution in [0.4, 0.5) is 0 Å². The van der Waals surface area contributed by atoms with Crippen molar-refractivity contribution in [3.8, 4) is 0 Å². The van der Waals surface area contributed by atoms with E-state index in [2.05, 4.69) is 12.2 Å². The van der Waals surface area contributed by atoms with E-state index in [1.807, 2.05) is 12.1 Å². The molecular weight excluding hydrogens is 190 g/mol. The third-order valence-electron chi connectivity index (χ3n) is 2.99. The molecule has 1 aliphatic rings. The lowest BCUT2D eigenvalue weighted by Crippen LogP contribution is -2.17. The Morgan fingerprint density at radius 1 is 1.47 bits per heavy atom. The molecule has 1 heterocycles. The molecule has 2 N–H and O–H groups in total. The number of rotatable bonds is 6. The molecule has 1 aromatic rings. The van der Waals surface area contributed by atoms with Gasteiger partial charge in [-0.15, -0.1) is 0 Å². The predicted molar refractivity (Wildman–Crippen MR) is 58.3 cm³/mol. The maximum atomic E-state index is 8.84. The smallest absolute Gasteiger partial charge is 0.129 e. The molecule has 15 heavy (non-hydrogen) atoms. The van der Waals surface area contributed by atoms with Crippen molar-refractivity contribution in [2.45, 2.75) is 45.4 Å². The Bertz CT molecular complexity index is 308. The number of hydrogen-bond acceptors (Lipinski definition) is 3. The molecule has 0 bridgehead atoms. The first-order valence-electron chi connectivity index (χ1n) is 5.75. The molecule has 0 saturated heterocycles. The number of hydrogen-bond donors (Lipinski definition) is 2. The Kier molecular flexibility index (Phi) is 3.44. The van der Waals surface area contributed by atoms with Crippen LogP contribution in [0.5, 0.6) is 0 Å². The summed E-state index contributed by atoms with van der Waals surface area (Å²) in [4.78, 5) is 0. The van der Waals surface area contributed by atoms with E-state index in [9.17, 15) is 0 Å². The average molecular weight is 209 g/mol. The highest BCUT2D eigenvalue weighted by molar-refractivity contribution is 5.07. The molecule has 1 aromatic heterocycles. The van der Waals surface area contributed by atoms with E-state index in [0.717, 1.165) is 18.2 Å². The minimum atomic E-state index is -0.0120. The quantitative estimate of drug-likeness (QED) is 0.753. The van der Waals surface area contributed by atoms with Crippen molar-refractivity contribution in [2.24, 2.45) is 5.92 Å². The lowest BCUT2D eigenvalue weighted by molar-refractivity contribution is 0.242. The first-order valence-corrected chi connectivity index (χ1v) is 5.75. The summed E-state index contributed by atoms with van der Waals surface area (Å²) in [6.07, 6.45) is 3.91. The van der Waals surface area contributed by atoms with Crippen LogP contribution in [0.25, 0.3) is 0 Å². The van der Waals surface area contributed by atoms with Crippen LogP contribution >= 0.6 is 0 Å². The molecule has 3 nitrogen and oxygen atoms in total. The zero-order valence-electron chi connectivity index (χ0n) is 9.20. The van der Waals surface area contributed by atoms with Crippen molar-refractivity contribution in [3.05, 3.63) is 23.7 Å². The molecule has 0 amide bonds. The second-order valence-electron chi connectivity index (χ2n) is 4.30. The van der Waals surface area contributed by atoms with Gasteiger partial charge >= 0.3 is 0 Å². The molecule has 0 aliphatic heterocycles. The van der Waals surface area contributed by atoms with E-state index < -0.39 is 0 Å². The van der Waals surface area contributed by atoms with Crippen LogP contribution in [0.1, 0.15) is 37.7 Å². The van der Waals surface area contributed by atoms with Gasteiger partial charge < -0.3 is 14.8 Å². The first-order chi connectivity index (χ1) is 7.33. The standard InChI is InChI=1S/C12H19NO2/c1-2-3-9-6-12(9)13-7-10-4-5-11(8-14)15-10/h4-5,9,12-14H,2-3,6-8H2,1H3. The topological polar surface area (TPSA) is 45.4 Å². The average Bonchev–Trinajstić information content (AvgIpc) is 2.82. The summed E-state index contributed by atoms with van der Waals surface area (Å²) in [6, 6.07) is 4.44. The molecule has 0 radical (unpaired) electrons. The SMILES string of the molecule is CCCC1CC1NCc1ccc(CO)o1. The summed E-state index contributed by atoms with van der Waals surface area (Å²) < 4.78 is 5.39. The predicted octanol–water partition coefficient (Wildman–Crippen LogP) is 2.05. The highest BCUT2D eigenvalue weighted by atomic mass is 16.4. The van der Waals surface area contributed by atoms with Gasteiger partial charge in [0.25, 0.3) is 0 Å². The molecule has 1 fully saturated rings. The second kappa shape index (κ2) is 4.81. The molecule has 2 rings (SSSR count). The molecule has 2 unspecified atom stereocenters. The highest BCUT2D eigenvalue weighted by Crippen LogP contribution is 2.34.